The average Bonchev–Trinajstić information content (AvgIpc) is 3.32. The van der Waals surface area contributed by atoms with Gasteiger partial charge in [-0.3, -0.25) is 9.69 Å². The van der Waals surface area contributed by atoms with Crippen LogP contribution in [-0.4, -0.2) is 39.8 Å². The molecule has 1 unspecified atom stereocenters. The van der Waals surface area contributed by atoms with E-state index >= 15 is 0 Å². The van der Waals surface area contributed by atoms with Crippen molar-refractivity contribution < 1.29 is 14.3 Å². The number of carbonyl (C=O) groups is 1. The van der Waals surface area contributed by atoms with Gasteiger partial charge >= 0.3 is 0 Å². The summed E-state index contributed by atoms with van der Waals surface area (Å²) in [6.45, 7) is 0.321. The first-order chi connectivity index (χ1) is 15.7. The highest BCUT2D eigenvalue weighted by molar-refractivity contribution is 5.96. The zero-order valence-electron chi connectivity index (χ0n) is 17.5. The van der Waals surface area contributed by atoms with Crippen LogP contribution < -0.4 is 14.4 Å². The molecular formula is C24H21N5O3. The molecule has 0 N–H and O–H groups in total. The number of hydrogen-bond acceptors (Lipinski definition) is 6. The van der Waals surface area contributed by atoms with Crippen molar-refractivity contribution in [2.75, 3.05) is 18.6 Å². The molecular weight excluding hydrogens is 406 g/mol. The van der Waals surface area contributed by atoms with Gasteiger partial charge < -0.3 is 9.47 Å². The van der Waals surface area contributed by atoms with Gasteiger partial charge in [-0.15, -0.1) is 10.2 Å². The number of nitrogens with zero attached hydrogens (tertiary/aromatic N) is 5. The number of carbonyl (C=O) groups excluding carboxylic acids is 1. The minimum atomic E-state index is -0.250. The molecule has 0 saturated heterocycles. The van der Waals surface area contributed by atoms with Crippen LogP contribution in [0.15, 0.2) is 78.9 Å². The van der Waals surface area contributed by atoms with Crippen molar-refractivity contribution in [2.24, 2.45) is 0 Å². The minimum absolute atomic E-state index is 0.0470. The largest absolute Gasteiger partial charge is 0.497 e. The molecule has 1 aromatic heterocycles. The molecule has 0 saturated carbocycles. The van der Waals surface area contributed by atoms with Gasteiger partial charge in [0.05, 0.1) is 18.8 Å². The van der Waals surface area contributed by atoms with Gasteiger partial charge in [0.25, 0.3) is 5.91 Å². The molecule has 0 spiro atoms. The van der Waals surface area contributed by atoms with E-state index in [0.717, 1.165) is 16.8 Å². The molecule has 0 radical (unpaired) electrons. The highest BCUT2D eigenvalue weighted by Crippen LogP contribution is 2.39. The maximum atomic E-state index is 13.5. The zero-order valence-corrected chi connectivity index (χ0v) is 17.5. The Hall–Kier alpha value is -4.20. The van der Waals surface area contributed by atoms with E-state index in [-0.39, 0.29) is 18.5 Å². The number of hydrogen-bond donors (Lipinski definition) is 0. The minimum Gasteiger partial charge on any atom is -0.497 e. The summed E-state index contributed by atoms with van der Waals surface area (Å²) in [5.41, 5.74) is 2.49. The molecule has 1 aliphatic heterocycles. The predicted octanol–water partition coefficient (Wildman–Crippen LogP) is 3.52. The molecule has 1 atom stereocenters. The Bertz CT molecular complexity index is 1240. The van der Waals surface area contributed by atoms with Gasteiger partial charge in [0.15, 0.2) is 0 Å². The first kappa shape index (κ1) is 19.7. The van der Waals surface area contributed by atoms with Gasteiger partial charge in [-0.1, -0.05) is 54.6 Å². The van der Waals surface area contributed by atoms with Crippen LogP contribution in [0.4, 0.5) is 5.69 Å². The van der Waals surface area contributed by atoms with Gasteiger partial charge in [-0.05, 0) is 35.0 Å². The molecule has 1 aliphatic rings. The second-order valence-electron chi connectivity index (χ2n) is 7.34. The number of ether oxygens (including phenoxy) is 2. The maximum Gasteiger partial charge on any atom is 0.251 e. The van der Waals surface area contributed by atoms with Crippen LogP contribution in [0.3, 0.4) is 0 Å². The van der Waals surface area contributed by atoms with E-state index in [1.807, 2.05) is 78.9 Å². The molecule has 0 bridgehead atoms. The monoisotopic (exact) mass is 427 g/mol. The molecule has 0 aliphatic carbocycles. The van der Waals surface area contributed by atoms with Crippen molar-refractivity contribution >= 4 is 11.6 Å². The number of benzene rings is 3. The number of anilines is 1. The second kappa shape index (κ2) is 8.50. The van der Waals surface area contributed by atoms with Gasteiger partial charge in [0.2, 0.25) is 5.82 Å². The van der Waals surface area contributed by atoms with E-state index < -0.39 is 0 Å². The van der Waals surface area contributed by atoms with Crippen molar-refractivity contribution in [1.29, 1.82) is 0 Å². The molecule has 32 heavy (non-hydrogen) atoms. The lowest BCUT2D eigenvalue weighted by atomic mass is 10.0. The molecule has 0 fully saturated rings. The number of rotatable bonds is 5. The van der Waals surface area contributed by atoms with E-state index in [4.69, 9.17) is 9.47 Å². The molecule has 2 heterocycles. The zero-order chi connectivity index (χ0) is 21.9. The van der Waals surface area contributed by atoms with E-state index in [2.05, 4.69) is 15.4 Å². The summed E-state index contributed by atoms with van der Waals surface area (Å²) in [5.74, 6) is 1.66. The Morgan fingerprint density at radius 1 is 1.06 bits per heavy atom. The van der Waals surface area contributed by atoms with Crippen molar-refractivity contribution in [3.8, 4) is 22.9 Å². The molecule has 8 nitrogen and oxygen atoms in total. The molecule has 1 amide bonds. The van der Waals surface area contributed by atoms with Crippen LogP contribution in [0.1, 0.15) is 11.6 Å². The summed E-state index contributed by atoms with van der Waals surface area (Å²) >= 11 is 0. The lowest BCUT2D eigenvalue weighted by molar-refractivity contribution is -0.120. The van der Waals surface area contributed by atoms with Crippen LogP contribution >= 0.6 is 0 Å². The molecule has 5 rings (SSSR count). The van der Waals surface area contributed by atoms with Crippen LogP contribution in [0, 0.1) is 0 Å². The Labute approximate surface area is 185 Å². The first-order valence-corrected chi connectivity index (χ1v) is 10.2. The second-order valence-corrected chi connectivity index (χ2v) is 7.34. The van der Waals surface area contributed by atoms with Gasteiger partial charge in [-0.2, -0.15) is 4.80 Å². The van der Waals surface area contributed by atoms with Gasteiger partial charge in [0, 0.05) is 5.56 Å². The van der Waals surface area contributed by atoms with Gasteiger partial charge in [0.1, 0.15) is 24.7 Å². The Kier molecular flexibility index (Phi) is 5.25. The summed E-state index contributed by atoms with van der Waals surface area (Å²) in [4.78, 5) is 16.6. The van der Waals surface area contributed by atoms with Crippen molar-refractivity contribution in [2.45, 2.75) is 12.6 Å². The SMILES string of the molecule is COc1cccc(-c2nnn(CC(=O)N3c4ccccc4OCC3c3ccccc3)n2)c1. The number of amides is 1. The predicted molar refractivity (Wildman–Crippen MR) is 118 cm³/mol. The molecule has 3 aromatic carbocycles. The molecule has 160 valence electrons. The highest BCUT2D eigenvalue weighted by atomic mass is 16.5. The van der Waals surface area contributed by atoms with E-state index in [1.165, 1.54) is 4.80 Å². The third kappa shape index (κ3) is 3.78. The third-order valence-corrected chi connectivity index (χ3v) is 5.34. The van der Waals surface area contributed by atoms with Crippen LogP contribution in [0.5, 0.6) is 11.5 Å². The quantitative estimate of drug-likeness (QED) is 0.485. The third-order valence-electron chi connectivity index (χ3n) is 5.34. The van der Waals surface area contributed by atoms with Crippen LogP contribution in [0.2, 0.25) is 0 Å². The summed E-state index contributed by atoms with van der Waals surface area (Å²) in [5, 5.41) is 12.6. The topological polar surface area (TPSA) is 82.4 Å². The molecule has 8 heteroatoms. The van der Waals surface area contributed by atoms with Crippen molar-refractivity contribution in [3.05, 3.63) is 84.4 Å². The summed E-state index contributed by atoms with van der Waals surface area (Å²) < 4.78 is 11.2. The normalized spacial score (nSPS) is 15.0. The fourth-order valence-corrected chi connectivity index (χ4v) is 3.80. The average molecular weight is 427 g/mol. The summed E-state index contributed by atoms with van der Waals surface area (Å²) in [7, 11) is 1.60. The van der Waals surface area contributed by atoms with Crippen molar-refractivity contribution in [1.82, 2.24) is 20.2 Å². The lowest BCUT2D eigenvalue weighted by Gasteiger charge is -2.37. The smallest absolute Gasteiger partial charge is 0.251 e. The number of aromatic nitrogens is 4. The lowest BCUT2D eigenvalue weighted by Crippen LogP contribution is -2.43. The van der Waals surface area contributed by atoms with Crippen LogP contribution in [-0.2, 0) is 11.3 Å². The molecule has 4 aromatic rings. The van der Waals surface area contributed by atoms with E-state index in [0.29, 0.717) is 23.9 Å². The first-order valence-electron chi connectivity index (χ1n) is 10.2. The van der Waals surface area contributed by atoms with Crippen LogP contribution in [0.25, 0.3) is 11.4 Å². The fraction of sp³-hybridized carbons (Fsp3) is 0.167. The van der Waals surface area contributed by atoms with E-state index in [9.17, 15) is 4.79 Å². The van der Waals surface area contributed by atoms with E-state index in [1.54, 1.807) is 12.0 Å². The fourth-order valence-electron chi connectivity index (χ4n) is 3.80. The van der Waals surface area contributed by atoms with Gasteiger partial charge in [-0.25, -0.2) is 0 Å². The maximum absolute atomic E-state index is 13.5. The Balaban J connectivity index is 1.44. The Morgan fingerprint density at radius 2 is 1.88 bits per heavy atom. The highest BCUT2D eigenvalue weighted by Gasteiger charge is 2.33. The standard InChI is InChI=1S/C24H21N5O3/c1-31-19-11-7-10-18(14-19)24-25-27-28(26-24)15-23(30)29-20-12-5-6-13-22(20)32-16-21(29)17-8-3-2-4-9-17/h2-14,21H,15-16H2,1H3. The number of fused-ring (bicyclic) bond motifs is 1. The number of para-hydroxylation sites is 2. The summed E-state index contributed by atoms with van der Waals surface area (Å²) in [6, 6.07) is 24.5. The summed E-state index contributed by atoms with van der Waals surface area (Å²) in [6.07, 6.45) is 0. The number of methoxy groups -OCH3 is 1. The van der Waals surface area contributed by atoms with Crippen molar-refractivity contribution in [3.63, 3.8) is 0 Å². The number of tetrazole rings is 1. The Morgan fingerprint density at radius 3 is 2.72 bits per heavy atom.